The highest BCUT2D eigenvalue weighted by Gasteiger charge is 2.32. The molecule has 0 atom stereocenters. The van der Waals surface area contributed by atoms with Gasteiger partial charge in [0.05, 0.1) is 23.9 Å². The summed E-state index contributed by atoms with van der Waals surface area (Å²) in [5.74, 6) is 0.298. The standard InChI is InChI=1S/C23H23N5O2/c24-11-15-13-27(14-15)23(30)19-12-25-28-21(29)10-20(26-22(19)28)18-8-6-17(7-9-18)16-4-2-1-3-5-16/h6-10,12,15-16,26H,1-5,13-14H2. The van der Waals surface area contributed by atoms with Crippen LogP contribution in [-0.2, 0) is 0 Å². The van der Waals surface area contributed by atoms with E-state index in [2.05, 4.69) is 28.3 Å². The summed E-state index contributed by atoms with van der Waals surface area (Å²) in [6.45, 7) is 0.832. The van der Waals surface area contributed by atoms with E-state index in [1.54, 1.807) is 4.90 Å². The third-order valence-corrected chi connectivity index (χ3v) is 6.38. The van der Waals surface area contributed by atoms with Crippen LogP contribution in [0.25, 0.3) is 16.9 Å². The summed E-state index contributed by atoms with van der Waals surface area (Å²) in [7, 11) is 0. The van der Waals surface area contributed by atoms with Crippen LogP contribution >= 0.6 is 0 Å². The Hall–Kier alpha value is -3.40. The van der Waals surface area contributed by atoms with Crippen molar-refractivity contribution in [3.05, 3.63) is 58.0 Å². The van der Waals surface area contributed by atoms with Gasteiger partial charge in [0.15, 0.2) is 5.65 Å². The fourth-order valence-electron chi connectivity index (χ4n) is 4.56. The molecule has 1 aliphatic heterocycles. The minimum atomic E-state index is -0.285. The summed E-state index contributed by atoms with van der Waals surface area (Å²) < 4.78 is 1.22. The maximum Gasteiger partial charge on any atom is 0.274 e. The van der Waals surface area contributed by atoms with Gasteiger partial charge in [-0.2, -0.15) is 14.9 Å². The number of benzene rings is 1. The first-order valence-corrected chi connectivity index (χ1v) is 10.5. The lowest BCUT2D eigenvalue weighted by Crippen LogP contribution is -2.49. The van der Waals surface area contributed by atoms with Gasteiger partial charge in [0.1, 0.15) is 5.56 Å². The van der Waals surface area contributed by atoms with Crippen LogP contribution in [0.3, 0.4) is 0 Å². The van der Waals surface area contributed by atoms with Gasteiger partial charge in [-0.1, -0.05) is 43.5 Å². The van der Waals surface area contributed by atoms with Crippen molar-refractivity contribution in [2.45, 2.75) is 38.0 Å². The Labute approximate surface area is 173 Å². The summed E-state index contributed by atoms with van der Waals surface area (Å²) in [5.41, 5.74) is 3.38. The highest BCUT2D eigenvalue weighted by Crippen LogP contribution is 2.33. The number of fused-ring (bicyclic) bond motifs is 1. The third-order valence-electron chi connectivity index (χ3n) is 6.38. The highest BCUT2D eigenvalue weighted by atomic mass is 16.2. The molecule has 2 aromatic heterocycles. The molecule has 7 nitrogen and oxygen atoms in total. The molecule has 1 saturated carbocycles. The number of nitrogens with zero attached hydrogens (tertiary/aromatic N) is 4. The van der Waals surface area contributed by atoms with Crippen LogP contribution < -0.4 is 5.56 Å². The number of H-pyrrole nitrogens is 1. The number of carbonyl (C=O) groups excluding carboxylic acids is 1. The van der Waals surface area contributed by atoms with E-state index in [-0.39, 0.29) is 17.4 Å². The molecule has 3 aromatic rings. The Kier molecular flexibility index (Phi) is 4.62. The summed E-state index contributed by atoms with van der Waals surface area (Å²) in [6.07, 6.45) is 7.82. The zero-order valence-corrected chi connectivity index (χ0v) is 16.7. The second-order valence-corrected chi connectivity index (χ2v) is 8.33. The first kappa shape index (κ1) is 18.6. The monoisotopic (exact) mass is 401 g/mol. The maximum absolute atomic E-state index is 12.8. The van der Waals surface area contributed by atoms with Crippen LogP contribution in [-0.4, -0.2) is 38.5 Å². The number of aromatic nitrogens is 3. The molecule has 5 rings (SSSR count). The fraction of sp³-hybridized carbons (Fsp3) is 0.391. The van der Waals surface area contributed by atoms with Gasteiger partial charge >= 0.3 is 0 Å². The Morgan fingerprint density at radius 2 is 1.87 bits per heavy atom. The quantitative estimate of drug-likeness (QED) is 0.728. The van der Waals surface area contributed by atoms with Crippen LogP contribution in [0.2, 0.25) is 0 Å². The van der Waals surface area contributed by atoms with E-state index in [0.717, 1.165) is 5.56 Å². The molecule has 3 heterocycles. The first-order valence-electron chi connectivity index (χ1n) is 10.5. The van der Waals surface area contributed by atoms with Crippen molar-refractivity contribution < 1.29 is 4.79 Å². The van der Waals surface area contributed by atoms with Crippen molar-refractivity contribution in [2.75, 3.05) is 13.1 Å². The molecule has 1 aliphatic carbocycles. The minimum Gasteiger partial charge on any atom is -0.339 e. The van der Waals surface area contributed by atoms with Crippen molar-refractivity contribution >= 4 is 11.6 Å². The Balaban J connectivity index is 1.46. The zero-order chi connectivity index (χ0) is 20.7. The number of hydrogen-bond acceptors (Lipinski definition) is 4. The second kappa shape index (κ2) is 7.45. The molecular formula is C23H23N5O2. The first-order chi connectivity index (χ1) is 14.6. The predicted octanol–water partition coefficient (Wildman–Crippen LogP) is 3.33. The number of likely N-dealkylation sites (tertiary alicyclic amines) is 1. The van der Waals surface area contributed by atoms with E-state index in [9.17, 15) is 9.59 Å². The van der Waals surface area contributed by atoms with Gasteiger partial charge in [0.2, 0.25) is 0 Å². The van der Waals surface area contributed by atoms with E-state index >= 15 is 0 Å². The van der Waals surface area contributed by atoms with E-state index in [0.29, 0.717) is 35.9 Å². The lowest BCUT2D eigenvalue weighted by molar-refractivity contribution is 0.0579. The topological polar surface area (TPSA) is 94.3 Å². The fourth-order valence-corrected chi connectivity index (χ4v) is 4.56. The maximum atomic E-state index is 12.8. The van der Waals surface area contributed by atoms with Gasteiger partial charge in [0.25, 0.3) is 11.5 Å². The second-order valence-electron chi connectivity index (χ2n) is 8.33. The van der Waals surface area contributed by atoms with Crippen LogP contribution in [0.5, 0.6) is 0 Å². The molecule has 0 radical (unpaired) electrons. The molecule has 0 spiro atoms. The normalized spacial score (nSPS) is 17.6. The van der Waals surface area contributed by atoms with Crippen LogP contribution in [0.15, 0.2) is 41.3 Å². The van der Waals surface area contributed by atoms with E-state index in [1.165, 1.54) is 54.4 Å². The van der Waals surface area contributed by atoms with Crippen LogP contribution in [0.4, 0.5) is 0 Å². The minimum absolute atomic E-state index is 0.118. The zero-order valence-electron chi connectivity index (χ0n) is 16.7. The lowest BCUT2D eigenvalue weighted by Gasteiger charge is -2.34. The number of amides is 1. The third kappa shape index (κ3) is 3.18. The average Bonchev–Trinajstić information content (AvgIpc) is 3.18. The van der Waals surface area contributed by atoms with Gasteiger partial charge in [0, 0.05) is 19.2 Å². The van der Waals surface area contributed by atoms with Crippen LogP contribution in [0, 0.1) is 17.2 Å². The molecule has 1 N–H and O–H groups in total. The molecule has 152 valence electrons. The van der Waals surface area contributed by atoms with Crippen molar-refractivity contribution in [1.82, 2.24) is 19.5 Å². The summed E-state index contributed by atoms with van der Waals surface area (Å²) in [6, 6.07) is 12.1. The van der Waals surface area contributed by atoms with Crippen molar-refractivity contribution in [3.8, 4) is 17.3 Å². The predicted molar refractivity (Wildman–Crippen MR) is 112 cm³/mol. The van der Waals surface area contributed by atoms with Crippen molar-refractivity contribution in [1.29, 1.82) is 5.26 Å². The smallest absolute Gasteiger partial charge is 0.274 e. The van der Waals surface area contributed by atoms with E-state index in [1.807, 2.05) is 12.1 Å². The molecule has 1 amide bonds. The van der Waals surface area contributed by atoms with Crippen LogP contribution in [0.1, 0.15) is 53.9 Å². The molecule has 7 heteroatoms. The van der Waals surface area contributed by atoms with Gasteiger partial charge in [-0.05, 0) is 29.9 Å². The summed E-state index contributed by atoms with van der Waals surface area (Å²) in [4.78, 5) is 30.2. The molecule has 2 fully saturated rings. The number of nitriles is 1. The van der Waals surface area contributed by atoms with Crippen molar-refractivity contribution in [3.63, 3.8) is 0 Å². The number of aromatic amines is 1. The van der Waals surface area contributed by atoms with E-state index < -0.39 is 0 Å². The van der Waals surface area contributed by atoms with Gasteiger partial charge in [-0.3, -0.25) is 9.59 Å². The molecule has 30 heavy (non-hydrogen) atoms. The molecule has 1 saturated heterocycles. The van der Waals surface area contributed by atoms with Gasteiger partial charge in [-0.15, -0.1) is 0 Å². The number of nitrogens with one attached hydrogen (secondary N) is 1. The Bertz CT molecular complexity index is 1190. The molecule has 1 aromatic carbocycles. The highest BCUT2D eigenvalue weighted by molar-refractivity contribution is 6.00. The number of rotatable bonds is 3. The SMILES string of the molecule is N#CC1CN(C(=O)c2cnn3c(=O)cc(-c4ccc(C5CCCCC5)cc4)[nH]c23)C1. The Morgan fingerprint density at radius 1 is 1.13 bits per heavy atom. The molecular weight excluding hydrogens is 378 g/mol. The summed E-state index contributed by atoms with van der Waals surface area (Å²) in [5, 5.41) is 13.0. The Morgan fingerprint density at radius 3 is 2.57 bits per heavy atom. The van der Waals surface area contributed by atoms with E-state index in [4.69, 9.17) is 5.26 Å². The average molecular weight is 401 g/mol. The number of carbonyl (C=O) groups is 1. The molecule has 2 aliphatic rings. The summed E-state index contributed by atoms with van der Waals surface area (Å²) >= 11 is 0. The molecule has 0 bridgehead atoms. The van der Waals surface area contributed by atoms with Crippen molar-refractivity contribution in [2.24, 2.45) is 5.92 Å². The largest absolute Gasteiger partial charge is 0.339 e. The lowest BCUT2D eigenvalue weighted by atomic mass is 9.84. The molecule has 0 unspecified atom stereocenters. The van der Waals surface area contributed by atoms with Gasteiger partial charge < -0.3 is 9.88 Å². The van der Waals surface area contributed by atoms with Gasteiger partial charge in [-0.25, -0.2) is 0 Å². The number of hydrogen-bond donors (Lipinski definition) is 1.